The minimum atomic E-state index is -0.386. The summed E-state index contributed by atoms with van der Waals surface area (Å²) in [6.45, 7) is 2.26. The Morgan fingerprint density at radius 3 is 2.64 bits per heavy atom. The number of hydrogen-bond acceptors (Lipinski definition) is 4. The van der Waals surface area contributed by atoms with Crippen molar-refractivity contribution in [2.24, 2.45) is 5.73 Å². The zero-order valence-corrected chi connectivity index (χ0v) is 14.3. The van der Waals surface area contributed by atoms with Crippen LogP contribution in [0.3, 0.4) is 0 Å². The molecule has 3 N–H and O–H groups in total. The molecule has 1 atom stereocenters. The van der Waals surface area contributed by atoms with Crippen LogP contribution in [0.4, 0.5) is 5.69 Å². The van der Waals surface area contributed by atoms with Gasteiger partial charge in [0.25, 0.3) is 0 Å². The lowest BCUT2D eigenvalue weighted by atomic mass is 9.97. The number of rotatable bonds is 5. The number of amides is 1. The molecule has 0 radical (unpaired) electrons. The molecule has 3 rings (SSSR count). The Balaban J connectivity index is 1.84. The highest BCUT2D eigenvalue weighted by Gasteiger charge is 2.19. The van der Waals surface area contributed by atoms with E-state index in [1.807, 2.05) is 55.5 Å². The Morgan fingerprint density at radius 2 is 1.96 bits per heavy atom. The molecule has 1 unspecified atom stereocenters. The Bertz CT molecular complexity index is 891. The van der Waals surface area contributed by atoms with Crippen LogP contribution >= 0.6 is 0 Å². The van der Waals surface area contributed by atoms with Crippen LogP contribution in [0.2, 0.25) is 0 Å². The van der Waals surface area contributed by atoms with Crippen molar-refractivity contribution in [2.45, 2.75) is 12.8 Å². The number of carbonyl (C=O) groups excluding carboxylic acids is 1. The first kappa shape index (κ1) is 16.9. The molecule has 0 bridgehead atoms. The largest absolute Gasteiger partial charge is 0.481 e. The van der Waals surface area contributed by atoms with E-state index in [2.05, 4.69) is 10.3 Å². The van der Waals surface area contributed by atoms with Gasteiger partial charge in [0.05, 0.1) is 13.0 Å². The number of methoxy groups -OCH3 is 1. The van der Waals surface area contributed by atoms with Crippen LogP contribution in [0.5, 0.6) is 5.88 Å². The summed E-state index contributed by atoms with van der Waals surface area (Å²) in [6, 6.07) is 15.4. The molecule has 5 nitrogen and oxygen atoms in total. The van der Waals surface area contributed by atoms with Crippen molar-refractivity contribution in [2.75, 3.05) is 19.0 Å². The average molecular weight is 335 g/mol. The summed E-state index contributed by atoms with van der Waals surface area (Å²) in [5.41, 5.74) is 8.62. The van der Waals surface area contributed by atoms with Crippen molar-refractivity contribution < 1.29 is 9.53 Å². The van der Waals surface area contributed by atoms with Crippen LogP contribution in [0.25, 0.3) is 10.8 Å². The first-order valence-electron chi connectivity index (χ1n) is 8.12. The van der Waals surface area contributed by atoms with Crippen LogP contribution in [-0.4, -0.2) is 24.5 Å². The van der Waals surface area contributed by atoms with E-state index in [0.717, 1.165) is 27.6 Å². The highest BCUT2D eigenvalue weighted by atomic mass is 16.5. The van der Waals surface area contributed by atoms with E-state index in [1.165, 1.54) is 0 Å². The predicted octanol–water partition coefficient (Wildman–Crippen LogP) is 3.23. The number of nitrogens with one attached hydrogen (secondary N) is 1. The number of aryl methyl sites for hydroxylation is 1. The fourth-order valence-electron chi connectivity index (χ4n) is 2.81. The van der Waals surface area contributed by atoms with Gasteiger partial charge in [-0.25, -0.2) is 4.98 Å². The second kappa shape index (κ2) is 7.32. The summed E-state index contributed by atoms with van der Waals surface area (Å²) in [5.74, 6) is 0.0601. The molecule has 3 aromatic rings. The second-order valence-corrected chi connectivity index (χ2v) is 5.94. The molecule has 0 aliphatic rings. The molecule has 128 valence electrons. The zero-order valence-electron chi connectivity index (χ0n) is 14.3. The minimum Gasteiger partial charge on any atom is -0.481 e. The zero-order chi connectivity index (χ0) is 17.8. The molecule has 2 aromatic carbocycles. The standard InChI is InChI=1S/C20H21N3O2/c1-13-3-5-14(6-4-13)18(12-21)19(24)23-16-7-8-17-15(11-16)9-10-22-20(17)25-2/h3-11,18H,12,21H2,1-2H3,(H,23,24). The van der Waals surface area contributed by atoms with Gasteiger partial charge in [-0.05, 0) is 42.1 Å². The molecule has 1 amide bonds. The van der Waals surface area contributed by atoms with Gasteiger partial charge in [0.2, 0.25) is 11.8 Å². The van der Waals surface area contributed by atoms with Crippen LogP contribution in [-0.2, 0) is 4.79 Å². The Kier molecular flexibility index (Phi) is 4.95. The highest BCUT2D eigenvalue weighted by Crippen LogP contribution is 2.26. The lowest BCUT2D eigenvalue weighted by molar-refractivity contribution is -0.117. The molecule has 0 saturated heterocycles. The number of pyridine rings is 1. The first-order valence-corrected chi connectivity index (χ1v) is 8.12. The number of carbonyl (C=O) groups is 1. The van der Waals surface area contributed by atoms with Crippen LogP contribution < -0.4 is 15.8 Å². The van der Waals surface area contributed by atoms with E-state index < -0.39 is 0 Å². The van der Waals surface area contributed by atoms with Gasteiger partial charge in [0.1, 0.15) is 0 Å². The predicted molar refractivity (Wildman–Crippen MR) is 99.9 cm³/mol. The molecule has 0 aliphatic carbocycles. The van der Waals surface area contributed by atoms with E-state index in [9.17, 15) is 4.79 Å². The number of nitrogens with two attached hydrogens (primary N) is 1. The molecule has 25 heavy (non-hydrogen) atoms. The Hall–Kier alpha value is -2.92. The van der Waals surface area contributed by atoms with E-state index >= 15 is 0 Å². The van der Waals surface area contributed by atoms with Gasteiger partial charge in [0, 0.05) is 23.8 Å². The third kappa shape index (κ3) is 3.61. The molecule has 0 aliphatic heterocycles. The summed E-state index contributed by atoms with van der Waals surface area (Å²) < 4.78 is 5.26. The minimum absolute atomic E-state index is 0.119. The molecule has 1 aromatic heterocycles. The van der Waals surface area contributed by atoms with Crippen molar-refractivity contribution in [1.82, 2.24) is 4.98 Å². The smallest absolute Gasteiger partial charge is 0.233 e. The molecule has 0 saturated carbocycles. The van der Waals surface area contributed by atoms with Crippen molar-refractivity contribution >= 4 is 22.4 Å². The van der Waals surface area contributed by atoms with Gasteiger partial charge >= 0.3 is 0 Å². The van der Waals surface area contributed by atoms with Crippen LogP contribution in [0, 0.1) is 6.92 Å². The maximum atomic E-state index is 12.7. The van der Waals surface area contributed by atoms with Crippen molar-refractivity contribution in [3.63, 3.8) is 0 Å². The summed E-state index contributed by atoms with van der Waals surface area (Å²) in [6.07, 6.45) is 1.68. The third-order valence-electron chi connectivity index (χ3n) is 4.22. The molecule has 1 heterocycles. The lowest BCUT2D eigenvalue weighted by Crippen LogP contribution is -2.27. The number of aromatic nitrogens is 1. The molecular weight excluding hydrogens is 314 g/mol. The SMILES string of the molecule is COc1nccc2cc(NC(=O)C(CN)c3ccc(C)cc3)ccc12. The maximum Gasteiger partial charge on any atom is 0.233 e. The number of fused-ring (bicyclic) bond motifs is 1. The van der Waals surface area contributed by atoms with Gasteiger partial charge in [-0.2, -0.15) is 0 Å². The van der Waals surface area contributed by atoms with Crippen molar-refractivity contribution in [1.29, 1.82) is 0 Å². The normalized spacial score (nSPS) is 12.0. The molecule has 0 spiro atoms. The number of nitrogens with zero attached hydrogens (tertiary/aromatic N) is 1. The average Bonchev–Trinajstić information content (AvgIpc) is 2.63. The monoisotopic (exact) mass is 335 g/mol. The number of hydrogen-bond donors (Lipinski definition) is 2. The Morgan fingerprint density at radius 1 is 1.20 bits per heavy atom. The molecule has 5 heteroatoms. The maximum absolute atomic E-state index is 12.7. The van der Waals surface area contributed by atoms with Gasteiger partial charge in [-0.15, -0.1) is 0 Å². The van der Waals surface area contributed by atoms with Crippen LogP contribution in [0.15, 0.2) is 54.7 Å². The number of benzene rings is 2. The Labute approximate surface area is 146 Å². The van der Waals surface area contributed by atoms with Crippen LogP contribution in [0.1, 0.15) is 17.0 Å². The lowest BCUT2D eigenvalue weighted by Gasteiger charge is -2.16. The van der Waals surface area contributed by atoms with Gasteiger partial charge in [-0.3, -0.25) is 4.79 Å². The fraction of sp³-hybridized carbons (Fsp3) is 0.200. The van der Waals surface area contributed by atoms with Gasteiger partial charge in [0.15, 0.2) is 0 Å². The summed E-state index contributed by atoms with van der Waals surface area (Å²) in [5, 5.41) is 4.80. The molecular formula is C20H21N3O2. The first-order chi connectivity index (χ1) is 12.1. The summed E-state index contributed by atoms with van der Waals surface area (Å²) >= 11 is 0. The third-order valence-corrected chi connectivity index (χ3v) is 4.22. The van der Waals surface area contributed by atoms with Gasteiger partial charge in [-0.1, -0.05) is 29.8 Å². The van der Waals surface area contributed by atoms with Gasteiger partial charge < -0.3 is 15.8 Å². The van der Waals surface area contributed by atoms with E-state index in [1.54, 1.807) is 13.3 Å². The van der Waals surface area contributed by atoms with Crippen molar-refractivity contribution in [3.8, 4) is 5.88 Å². The van der Waals surface area contributed by atoms with Crippen molar-refractivity contribution in [3.05, 3.63) is 65.9 Å². The van der Waals surface area contributed by atoms with E-state index in [0.29, 0.717) is 5.88 Å². The highest BCUT2D eigenvalue weighted by molar-refractivity contribution is 5.98. The fourth-order valence-corrected chi connectivity index (χ4v) is 2.81. The quantitative estimate of drug-likeness (QED) is 0.750. The number of anilines is 1. The topological polar surface area (TPSA) is 77.2 Å². The second-order valence-electron chi connectivity index (χ2n) is 5.94. The molecule has 0 fully saturated rings. The summed E-state index contributed by atoms with van der Waals surface area (Å²) in [4.78, 5) is 16.8. The summed E-state index contributed by atoms with van der Waals surface area (Å²) in [7, 11) is 1.59. The number of ether oxygens (including phenoxy) is 1. The van der Waals surface area contributed by atoms with E-state index in [-0.39, 0.29) is 18.4 Å². The van der Waals surface area contributed by atoms with E-state index in [4.69, 9.17) is 10.5 Å².